The number of benzene rings is 2. The maximum Gasteiger partial charge on any atom is 0.257 e. The van der Waals surface area contributed by atoms with Crippen LogP contribution in [0.3, 0.4) is 0 Å². The largest absolute Gasteiger partial charge is 0.490 e. The molecule has 3 aromatic rings. The average molecular weight is 574 g/mol. The van der Waals surface area contributed by atoms with Crippen LogP contribution in [0.5, 0.6) is 17.4 Å². The molecule has 1 aliphatic rings. The third-order valence-electron chi connectivity index (χ3n) is 6.25. The Labute approximate surface area is 235 Å². The van der Waals surface area contributed by atoms with E-state index in [-0.39, 0.29) is 42.6 Å². The number of thioether (sulfide) groups is 1. The predicted molar refractivity (Wildman–Crippen MR) is 148 cm³/mol. The van der Waals surface area contributed by atoms with Crippen molar-refractivity contribution in [2.24, 2.45) is 0 Å². The van der Waals surface area contributed by atoms with Gasteiger partial charge in [0, 0.05) is 22.0 Å². The van der Waals surface area contributed by atoms with E-state index in [1.165, 1.54) is 6.07 Å². The van der Waals surface area contributed by atoms with Gasteiger partial charge in [0.25, 0.3) is 11.8 Å². The lowest BCUT2D eigenvalue weighted by atomic mass is 9.90. The molecule has 2 aromatic carbocycles. The molecule has 3 N–H and O–H groups in total. The number of ether oxygens (including phenoxy) is 2. The van der Waals surface area contributed by atoms with E-state index in [0.717, 1.165) is 17.2 Å². The zero-order chi connectivity index (χ0) is 27.8. The van der Waals surface area contributed by atoms with Gasteiger partial charge in [0.1, 0.15) is 29.5 Å². The van der Waals surface area contributed by atoms with Crippen LogP contribution in [0.1, 0.15) is 46.4 Å². The van der Waals surface area contributed by atoms with Crippen molar-refractivity contribution >= 4 is 35.2 Å². The number of aliphatic hydroxyl groups is 1. The number of carbonyl (C=O) groups excluding carboxylic acids is 2. The average Bonchev–Trinajstić information content (AvgIpc) is 2.94. The third-order valence-corrected chi connectivity index (χ3v) is 7.21. The van der Waals surface area contributed by atoms with Crippen LogP contribution in [0.4, 0.5) is 4.39 Å². The molecule has 0 radical (unpaired) electrons. The zero-order valence-electron chi connectivity index (χ0n) is 21.3. The van der Waals surface area contributed by atoms with E-state index in [4.69, 9.17) is 26.2 Å². The molecule has 1 fully saturated rings. The first-order valence-corrected chi connectivity index (χ1v) is 14.1. The predicted octanol–water partition coefficient (Wildman–Crippen LogP) is 5.23. The van der Waals surface area contributed by atoms with Crippen molar-refractivity contribution in [3.63, 3.8) is 0 Å². The normalized spacial score (nSPS) is 16.8. The SMILES string of the molecule is CSc1cccc(Oc2ncc(F)cc2C(=O)NC2CCC(NC(=O)c3cc(Cl)ccc3OCCO)CC2)c1. The molecular formula is C28H29ClFN3O5S. The number of hydrogen-bond acceptors (Lipinski definition) is 7. The van der Waals surface area contributed by atoms with Gasteiger partial charge in [0.2, 0.25) is 5.88 Å². The summed E-state index contributed by atoms with van der Waals surface area (Å²) < 4.78 is 25.3. The highest BCUT2D eigenvalue weighted by Gasteiger charge is 2.26. The number of hydrogen-bond donors (Lipinski definition) is 3. The van der Waals surface area contributed by atoms with Gasteiger partial charge >= 0.3 is 0 Å². The van der Waals surface area contributed by atoms with E-state index in [1.54, 1.807) is 30.0 Å². The molecule has 2 amide bonds. The minimum atomic E-state index is -0.639. The second-order valence-corrected chi connectivity index (χ2v) is 10.3. The first kappa shape index (κ1) is 28.7. The Morgan fingerprint density at radius 2 is 1.74 bits per heavy atom. The Morgan fingerprint density at radius 3 is 2.41 bits per heavy atom. The number of halogens is 2. The van der Waals surface area contributed by atoms with Gasteiger partial charge in [-0.25, -0.2) is 9.37 Å². The number of amides is 2. The number of nitrogens with one attached hydrogen (secondary N) is 2. The minimum absolute atomic E-state index is 0.0105. The summed E-state index contributed by atoms with van der Waals surface area (Å²) in [6, 6.07) is 12.9. The van der Waals surface area contributed by atoms with Crippen molar-refractivity contribution in [1.82, 2.24) is 15.6 Å². The van der Waals surface area contributed by atoms with Crippen molar-refractivity contribution in [1.29, 1.82) is 0 Å². The molecule has 1 saturated carbocycles. The molecule has 0 aliphatic heterocycles. The van der Waals surface area contributed by atoms with Gasteiger partial charge in [0.15, 0.2) is 0 Å². The van der Waals surface area contributed by atoms with Crippen LogP contribution in [-0.2, 0) is 0 Å². The number of pyridine rings is 1. The van der Waals surface area contributed by atoms with Gasteiger partial charge in [-0.1, -0.05) is 17.7 Å². The molecule has 4 rings (SSSR count). The second kappa shape index (κ2) is 13.6. The molecule has 11 heteroatoms. The molecule has 39 heavy (non-hydrogen) atoms. The van der Waals surface area contributed by atoms with Crippen LogP contribution >= 0.6 is 23.4 Å². The molecule has 1 aliphatic carbocycles. The van der Waals surface area contributed by atoms with Gasteiger partial charge in [-0.3, -0.25) is 9.59 Å². The van der Waals surface area contributed by atoms with Crippen molar-refractivity contribution in [2.75, 3.05) is 19.5 Å². The second-order valence-electron chi connectivity index (χ2n) is 9.00. The number of carbonyl (C=O) groups is 2. The van der Waals surface area contributed by atoms with Crippen LogP contribution in [-0.4, -0.2) is 53.5 Å². The molecule has 1 heterocycles. The standard InChI is InChI=1S/C28H29ClFN3O5S/c1-39-22-4-2-3-21(15-22)38-28-24(14-18(30)16-31-28)27(36)33-20-8-6-19(7-9-20)32-26(35)23-13-17(29)5-10-25(23)37-12-11-34/h2-5,10,13-16,19-20,34H,6-9,11-12H2,1H3,(H,32,35)(H,33,36). The van der Waals surface area contributed by atoms with E-state index >= 15 is 0 Å². The summed E-state index contributed by atoms with van der Waals surface area (Å²) in [7, 11) is 0. The zero-order valence-corrected chi connectivity index (χ0v) is 22.9. The molecule has 0 unspecified atom stereocenters. The highest BCUT2D eigenvalue weighted by atomic mass is 35.5. The molecule has 206 valence electrons. The Morgan fingerprint density at radius 1 is 1.05 bits per heavy atom. The molecular weight excluding hydrogens is 545 g/mol. The van der Waals surface area contributed by atoms with E-state index in [1.807, 2.05) is 24.5 Å². The van der Waals surface area contributed by atoms with Crippen molar-refractivity contribution in [3.8, 4) is 17.4 Å². The molecule has 1 aromatic heterocycles. The molecule has 0 saturated heterocycles. The fraction of sp³-hybridized carbons (Fsp3) is 0.321. The molecule has 8 nitrogen and oxygen atoms in total. The van der Waals surface area contributed by atoms with Crippen LogP contribution in [0, 0.1) is 5.82 Å². The smallest absolute Gasteiger partial charge is 0.257 e. The summed E-state index contributed by atoms with van der Waals surface area (Å²) in [6.07, 6.45) is 5.46. The highest BCUT2D eigenvalue weighted by molar-refractivity contribution is 7.98. The topological polar surface area (TPSA) is 110 Å². The minimum Gasteiger partial charge on any atom is -0.490 e. The van der Waals surface area contributed by atoms with Crippen molar-refractivity contribution in [3.05, 3.63) is 76.7 Å². The van der Waals surface area contributed by atoms with E-state index in [9.17, 15) is 14.0 Å². The summed E-state index contributed by atoms with van der Waals surface area (Å²) in [5.74, 6) is -0.579. The van der Waals surface area contributed by atoms with Crippen LogP contribution in [0.2, 0.25) is 5.02 Å². The summed E-state index contributed by atoms with van der Waals surface area (Å²) >= 11 is 7.62. The van der Waals surface area contributed by atoms with E-state index in [2.05, 4.69) is 15.6 Å². The highest BCUT2D eigenvalue weighted by Crippen LogP contribution is 2.28. The Hall–Kier alpha value is -3.34. The number of aliphatic hydroxyl groups excluding tert-OH is 1. The van der Waals surface area contributed by atoms with E-state index < -0.39 is 11.7 Å². The number of aromatic nitrogens is 1. The van der Waals surface area contributed by atoms with Crippen LogP contribution in [0.25, 0.3) is 0 Å². The van der Waals surface area contributed by atoms with Gasteiger partial charge in [-0.15, -0.1) is 11.8 Å². The van der Waals surface area contributed by atoms with E-state index in [0.29, 0.717) is 47.8 Å². The molecule has 0 spiro atoms. The summed E-state index contributed by atoms with van der Waals surface area (Å²) in [4.78, 5) is 31.0. The van der Waals surface area contributed by atoms with Crippen molar-refractivity contribution < 1.29 is 28.6 Å². The Balaban J connectivity index is 1.35. The molecule has 0 bridgehead atoms. The van der Waals surface area contributed by atoms with Gasteiger partial charge in [-0.2, -0.15) is 0 Å². The molecule has 0 atom stereocenters. The van der Waals surface area contributed by atoms with Crippen LogP contribution in [0.15, 0.2) is 59.6 Å². The lowest BCUT2D eigenvalue weighted by molar-refractivity contribution is 0.0887. The lowest BCUT2D eigenvalue weighted by Gasteiger charge is -2.30. The number of rotatable bonds is 10. The summed E-state index contributed by atoms with van der Waals surface area (Å²) in [5.41, 5.74) is 0.303. The van der Waals surface area contributed by atoms with Gasteiger partial charge in [0.05, 0.1) is 18.4 Å². The first-order chi connectivity index (χ1) is 18.9. The fourth-order valence-corrected chi connectivity index (χ4v) is 4.94. The third kappa shape index (κ3) is 7.84. The quantitative estimate of drug-likeness (QED) is 0.285. The Bertz CT molecular complexity index is 1320. The van der Waals surface area contributed by atoms with Gasteiger partial charge in [-0.05, 0) is 74.4 Å². The van der Waals surface area contributed by atoms with Crippen LogP contribution < -0.4 is 20.1 Å². The lowest BCUT2D eigenvalue weighted by Crippen LogP contribution is -2.44. The number of nitrogens with zero attached hydrogens (tertiary/aromatic N) is 1. The Kier molecular flexibility index (Phi) is 10.0. The monoisotopic (exact) mass is 573 g/mol. The van der Waals surface area contributed by atoms with Gasteiger partial charge < -0.3 is 25.2 Å². The first-order valence-electron chi connectivity index (χ1n) is 12.5. The maximum atomic E-state index is 14.0. The summed E-state index contributed by atoms with van der Waals surface area (Å²) in [6.45, 7) is -0.117. The summed E-state index contributed by atoms with van der Waals surface area (Å²) in [5, 5.41) is 15.4. The maximum absolute atomic E-state index is 14.0. The fourth-order valence-electron chi connectivity index (χ4n) is 4.32. The van der Waals surface area contributed by atoms with Crippen molar-refractivity contribution in [2.45, 2.75) is 42.7 Å².